The number of methoxy groups -OCH3 is 1. The first kappa shape index (κ1) is 13.8. The summed E-state index contributed by atoms with van der Waals surface area (Å²) in [7, 11) is 1.58. The van der Waals surface area contributed by atoms with Gasteiger partial charge in [0.1, 0.15) is 5.70 Å². The second-order valence-electron chi connectivity index (χ2n) is 4.55. The Morgan fingerprint density at radius 1 is 1.43 bits per heavy atom. The molecule has 2 heterocycles. The highest BCUT2D eigenvalue weighted by atomic mass is 32.1. The first-order valence-electron chi connectivity index (χ1n) is 6.42. The van der Waals surface area contributed by atoms with Crippen molar-refractivity contribution in [3.05, 3.63) is 29.5 Å². The molecular weight excluding hydrogens is 292 g/mol. The second kappa shape index (κ2) is 5.71. The van der Waals surface area contributed by atoms with Crippen LogP contribution >= 0.6 is 12.2 Å². The van der Waals surface area contributed by atoms with Crippen LogP contribution in [0.1, 0.15) is 5.56 Å². The van der Waals surface area contributed by atoms with E-state index in [9.17, 15) is 4.79 Å². The van der Waals surface area contributed by atoms with Gasteiger partial charge < -0.3 is 19.5 Å². The summed E-state index contributed by atoms with van der Waals surface area (Å²) in [5.74, 6) is 1.23. The summed E-state index contributed by atoms with van der Waals surface area (Å²) < 4.78 is 15.5. The Labute approximate surface area is 127 Å². The number of nitrogens with zero attached hydrogens (tertiary/aromatic N) is 1. The summed E-state index contributed by atoms with van der Waals surface area (Å²) in [6.07, 6.45) is 1.74. The Balaban J connectivity index is 1.80. The van der Waals surface area contributed by atoms with Crippen LogP contribution in [0, 0.1) is 0 Å². The van der Waals surface area contributed by atoms with Crippen molar-refractivity contribution < 1.29 is 19.0 Å². The van der Waals surface area contributed by atoms with E-state index in [0.717, 1.165) is 5.56 Å². The zero-order valence-electron chi connectivity index (χ0n) is 11.4. The lowest BCUT2D eigenvalue weighted by molar-refractivity contribution is -0.122. The minimum absolute atomic E-state index is 0.158. The molecule has 0 saturated carbocycles. The van der Waals surface area contributed by atoms with Crippen LogP contribution in [0.25, 0.3) is 6.08 Å². The molecule has 1 aromatic rings. The maximum absolute atomic E-state index is 12.3. The van der Waals surface area contributed by atoms with Crippen LogP contribution in [0.2, 0.25) is 0 Å². The van der Waals surface area contributed by atoms with Crippen molar-refractivity contribution in [2.75, 3.05) is 27.1 Å². The Bertz CT molecular complexity index is 629. The SMILES string of the molecule is COCCN1C(=O)/C(=C/c2ccc3c(c2)OCO3)NC1=S. The van der Waals surface area contributed by atoms with E-state index in [-0.39, 0.29) is 12.7 Å². The van der Waals surface area contributed by atoms with E-state index in [1.807, 2.05) is 18.2 Å². The summed E-state index contributed by atoms with van der Waals surface area (Å²) in [6.45, 7) is 1.09. The molecule has 0 aliphatic carbocycles. The molecule has 1 aromatic carbocycles. The van der Waals surface area contributed by atoms with E-state index < -0.39 is 0 Å². The summed E-state index contributed by atoms with van der Waals surface area (Å²) >= 11 is 5.16. The molecule has 7 heteroatoms. The highest BCUT2D eigenvalue weighted by Crippen LogP contribution is 2.33. The van der Waals surface area contributed by atoms with Gasteiger partial charge in [-0.3, -0.25) is 9.69 Å². The highest BCUT2D eigenvalue weighted by Gasteiger charge is 2.30. The van der Waals surface area contributed by atoms with Gasteiger partial charge in [0, 0.05) is 7.11 Å². The van der Waals surface area contributed by atoms with Crippen molar-refractivity contribution in [3.8, 4) is 11.5 Å². The molecule has 0 bridgehead atoms. The quantitative estimate of drug-likeness (QED) is 0.664. The smallest absolute Gasteiger partial charge is 0.276 e. The van der Waals surface area contributed by atoms with Crippen molar-refractivity contribution in [1.29, 1.82) is 0 Å². The first-order chi connectivity index (χ1) is 10.2. The Kier molecular flexibility index (Phi) is 3.76. The van der Waals surface area contributed by atoms with Crippen molar-refractivity contribution >= 4 is 29.3 Å². The fourth-order valence-corrected chi connectivity index (χ4v) is 2.41. The number of benzene rings is 1. The summed E-state index contributed by atoms with van der Waals surface area (Å²) in [5, 5.41) is 3.31. The lowest BCUT2D eigenvalue weighted by Crippen LogP contribution is -2.33. The van der Waals surface area contributed by atoms with Crippen LogP contribution in [-0.2, 0) is 9.53 Å². The molecule has 2 aliphatic heterocycles. The molecule has 1 fully saturated rings. The Hall–Kier alpha value is -2.12. The van der Waals surface area contributed by atoms with Crippen LogP contribution in [0.3, 0.4) is 0 Å². The fraction of sp³-hybridized carbons (Fsp3) is 0.286. The molecule has 0 atom stereocenters. The first-order valence-corrected chi connectivity index (χ1v) is 6.83. The third-order valence-corrected chi connectivity index (χ3v) is 3.51. The number of rotatable bonds is 4. The molecule has 1 amide bonds. The number of fused-ring (bicyclic) bond motifs is 1. The van der Waals surface area contributed by atoms with Crippen LogP contribution in [0.4, 0.5) is 0 Å². The second-order valence-corrected chi connectivity index (χ2v) is 4.94. The molecule has 0 radical (unpaired) electrons. The van der Waals surface area contributed by atoms with Gasteiger partial charge in [-0.15, -0.1) is 0 Å². The number of thiocarbonyl (C=S) groups is 1. The fourth-order valence-electron chi connectivity index (χ4n) is 2.13. The van der Waals surface area contributed by atoms with Gasteiger partial charge in [0.2, 0.25) is 6.79 Å². The molecule has 6 nitrogen and oxygen atoms in total. The molecule has 0 unspecified atom stereocenters. The maximum Gasteiger partial charge on any atom is 0.276 e. The number of carbonyl (C=O) groups excluding carboxylic acids is 1. The standard InChI is InChI=1S/C14H14N2O4S/c1-18-5-4-16-13(17)10(15-14(16)21)6-9-2-3-11-12(7-9)20-8-19-11/h2-3,6-7H,4-5,8H2,1H3,(H,15,21)/b10-6-. The maximum atomic E-state index is 12.3. The van der Waals surface area contributed by atoms with Gasteiger partial charge in [-0.25, -0.2) is 0 Å². The van der Waals surface area contributed by atoms with Gasteiger partial charge in [0.25, 0.3) is 5.91 Å². The van der Waals surface area contributed by atoms with E-state index in [1.54, 1.807) is 13.2 Å². The Morgan fingerprint density at radius 3 is 3.05 bits per heavy atom. The van der Waals surface area contributed by atoms with Crippen LogP contribution in [0.15, 0.2) is 23.9 Å². The van der Waals surface area contributed by atoms with Gasteiger partial charge in [-0.05, 0) is 36.0 Å². The zero-order valence-corrected chi connectivity index (χ0v) is 12.2. The molecule has 1 saturated heterocycles. The minimum atomic E-state index is -0.158. The molecule has 0 spiro atoms. The Morgan fingerprint density at radius 2 is 2.24 bits per heavy atom. The predicted octanol–water partition coefficient (Wildman–Crippen LogP) is 1.12. The van der Waals surface area contributed by atoms with E-state index in [0.29, 0.717) is 35.5 Å². The van der Waals surface area contributed by atoms with Crippen LogP contribution in [-0.4, -0.2) is 43.0 Å². The van der Waals surface area contributed by atoms with Gasteiger partial charge >= 0.3 is 0 Å². The van der Waals surface area contributed by atoms with Crippen molar-refractivity contribution in [1.82, 2.24) is 10.2 Å². The number of carbonyl (C=O) groups is 1. The van der Waals surface area contributed by atoms with Crippen LogP contribution < -0.4 is 14.8 Å². The summed E-state index contributed by atoms with van der Waals surface area (Å²) in [5.41, 5.74) is 1.28. The molecule has 2 aliphatic rings. The van der Waals surface area contributed by atoms with Gasteiger partial charge in [-0.2, -0.15) is 0 Å². The molecular formula is C14H14N2O4S. The summed E-state index contributed by atoms with van der Waals surface area (Å²) in [6, 6.07) is 5.50. The van der Waals surface area contributed by atoms with Crippen molar-refractivity contribution in [2.24, 2.45) is 0 Å². The lowest BCUT2D eigenvalue weighted by atomic mass is 10.1. The number of hydrogen-bond donors (Lipinski definition) is 1. The summed E-state index contributed by atoms with van der Waals surface area (Å²) in [4.78, 5) is 13.7. The molecule has 0 aromatic heterocycles. The highest BCUT2D eigenvalue weighted by molar-refractivity contribution is 7.80. The normalized spacial score (nSPS) is 18.5. The lowest BCUT2D eigenvalue weighted by Gasteiger charge is -2.12. The molecule has 21 heavy (non-hydrogen) atoms. The average molecular weight is 306 g/mol. The number of nitrogens with one attached hydrogen (secondary N) is 1. The van der Waals surface area contributed by atoms with Gasteiger partial charge in [0.05, 0.1) is 13.2 Å². The van der Waals surface area contributed by atoms with E-state index in [4.69, 9.17) is 26.4 Å². The van der Waals surface area contributed by atoms with Crippen LogP contribution in [0.5, 0.6) is 11.5 Å². The third kappa shape index (κ3) is 2.70. The molecule has 1 N–H and O–H groups in total. The predicted molar refractivity (Wildman–Crippen MR) is 79.9 cm³/mol. The third-order valence-electron chi connectivity index (χ3n) is 3.19. The topological polar surface area (TPSA) is 60.0 Å². The largest absolute Gasteiger partial charge is 0.454 e. The zero-order chi connectivity index (χ0) is 14.8. The number of ether oxygens (including phenoxy) is 3. The van der Waals surface area contributed by atoms with Crippen molar-refractivity contribution in [3.63, 3.8) is 0 Å². The van der Waals surface area contributed by atoms with E-state index in [1.165, 1.54) is 4.90 Å². The minimum Gasteiger partial charge on any atom is -0.454 e. The average Bonchev–Trinajstić information content (AvgIpc) is 3.03. The monoisotopic (exact) mass is 306 g/mol. The van der Waals surface area contributed by atoms with E-state index >= 15 is 0 Å². The van der Waals surface area contributed by atoms with E-state index in [2.05, 4.69) is 5.32 Å². The number of amides is 1. The van der Waals surface area contributed by atoms with Gasteiger partial charge in [-0.1, -0.05) is 6.07 Å². The molecule has 3 rings (SSSR count). The number of hydrogen-bond acceptors (Lipinski definition) is 5. The molecule has 110 valence electrons. The van der Waals surface area contributed by atoms with Crippen molar-refractivity contribution in [2.45, 2.75) is 0 Å². The van der Waals surface area contributed by atoms with Gasteiger partial charge in [0.15, 0.2) is 16.6 Å².